The van der Waals surface area contributed by atoms with E-state index in [2.05, 4.69) is 26.8 Å². The van der Waals surface area contributed by atoms with Crippen molar-refractivity contribution in [1.82, 2.24) is 0 Å². The van der Waals surface area contributed by atoms with Gasteiger partial charge in [-0.25, -0.2) is 0 Å². The zero-order valence-corrected chi connectivity index (χ0v) is 5.99. The van der Waals surface area contributed by atoms with Crippen molar-refractivity contribution in [1.29, 1.82) is 0 Å². The monoisotopic (exact) mass is 110 g/mol. The predicted octanol–water partition coefficient (Wildman–Crippen LogP) is 2.75. The highest BCUT2D eigenvalue weighted by Crippen LogP contribution is 2.50. The number of hydrogen-bond donors (Lipinski definition) is 0. The third-order valence-corrected chi connectivity index (χ3v) is 2.39. The van der Waals surface area contributed by atoms with Gasteiger partial charge in [-0.1, -0.05) is 18.6 Å². The Morgan fingerprint density at radius 3 is 2.12 bits per heavy atom. The minimum atomic E-state index is 0.620. The van der Waals surface area contributed by atoms with Crippen LogP contribution in [0.15, 0.2) is 11.6 Å². The van der Waals surface area contributed by atoms with Gasteiger partial charge in [-0.2, -0.15) is 0 Å². The van der Waals surface area contributed by atoms with E-state index >= 15 is 0 Å². The third-order valence-electron chi connectivity index (χ3n) is 2.39. The highest BCUT2D eigenvalue weighted by Gasteiger charge is 2.37. The fourth-order valence-corrected chi connectivity index (χ4v) is 0.930. The van der Waals surface area contributed by atoms with E-state index in [1.54, 1.807) is 5.57 Å². The molecule has 0 heteroatoms. The number of hydrogen-bond acceptors (Lipinski definition) is 0. The molecule has 0 bridgehead atoms. The van der Waals surface area contributed by atoms with E-state index < -0.39 is 0 Å². The van der Waals surface area contributed by atoms with E-state index in [-0.39, 0.29) is 0 Å². The second-order valence-corrected chi connectivity index (χ2v) is 3.03. The maximum Gasteiger partial charge on any atom is -0.0119 e. The average molecular weight is 110 g/mol. The van der Waals surface area contributed by atoms with E-state index in [1.165, 1.54) is 12.8 Å². The summed E-state index contributed by atoms with van der Waals surface area (Å²) in [5, 5.41) is 0. The quantitative estimate of drug-likeness (QED) is 0.455. The molecule has 1 saturated carbocycles. The first-order chi connectivity index (χ1) is 3.69. The zero-order chi connectivity index (χ0) is 6.20. The lowest BCUT2D eigenvalue weighted by Gasteiger charge is -2.05. The second-order valence-electron chi connectivity index (χ2n) is 3.03. The lowest BCUT2D eigenvalue weighted by atomic mass is 10.0. The lowest BCUT2D eigenvalue weighted by Crippen LogP contribution is -1.92. The molecular weight excluding hydrogens is 96.1 g/mol. The van der Waals surface area contributed by atoms with Crippen LogP contribution in [0.2, 0.25) is 0 Å². The maximum atomic E-state index is 2.34. The van der Waals surface area contributed by atoms with E-state index in [4.69, 9.17) is 0 Å². The molecule has 0 nitrogen and oxygen atoms in total. The largest absolute Gasteiger partial charge is 0.0882 e. The van der Waals surface area contributed by atoms with Crippen molar-refractivity contribution in [2.75, 3.05) is 0 Å². The van der Waals surface area contributed by atoms with E-state index in [9.17, 15) is 0 Å². The van der Waals surface area contributed by atoms with Crippen LogP contribution in [0.25, 0.3) is 0 Å². The van der Waals surface area contributed by atoms with Crippen molar-refractivity contribution >= 4 is 0 Å². The summed E-state index contributed by atoms with van der Waals surface area (Å²) in [4.78, 5) is 0. The molecular formula is C8H14. The van der Waals surface area contributed by atoms with Crippen LogP contribution < -0.4 is 0 Å². The standard InChI is InChI=1S/C8H14/c1-4-7(2)8(3)5-6-8/h4H,5-6H2,1-3H3/b7-4+. The van der Waals surface area contributed by atoms with Gasteiger partial charge in [0.2, 0.25) is 0 Å². The molecule has 0 amide bonds. The first-order valence-electron chi connectivity index (χ1n) is 3.32. The molecule has 0 atom stereocenters. The summed E-state index contributed by atoms with van der Waals surface area (Å²) in [7, 11) is 0. The second kappa shape index (κ2) is 1.61. The van der Waals surface area contributed by atoms with Crippen LogP contribution in [0, 0.1) is 5.41 Å². The fraction of sp³-hybridized carbons (Fsp3) is 0.750. The first-order valence-corrected chi connectivity index (χ1v) is 3.32. The van der Waals surface area contributed by atoms with Crippen molar-refractivity contribution in [2.24, 2.45) is 5.41 Å². The smallest absolute Gasteiger partial charge is 0.0119 e. The molecule has 0 unspecified atom stereocenters. The summed E-state index contributed by atoms with van der Waals surface area (Å²) in [6, 6.07) is 0. The molecule has 0 N–H and O–H groups in total. The van der Waals surface area contributed by atoms with Gasteiger partial charge in [0.1, 0.15) is 0 Å². The van der Waals surface area contributed by atoms with Gasteiger partial charge in [0.25, 0.3) is 0 Å². The van der Waals surface area contributed by atoms with Gasteiger partial charge in [0.15, 0.2) is 0 Å². The molecule has 0 radical (unpaired) electrons. The zero-order valence-electron chi connectivity index (χ0n) is 5.99. The predicted molar refractivity (Wildman–Crippen MR) is 36.8 cm³/mol. The van der Waals surface area contributed by atoms with Crippen molar-refractivity contribution in [3.63, 3.8) is 0 Å². The minimum Gasteiger partial charge on any atom is -0.0882 e. The van der Waals surface area contributed by atoms with Crippen LogP contribution in [-0.2, 0) is 0 Å². The van der Waals surface area contributed by atoms with Gasteiger partial charge in [0.05, 0.1) is 0 Å². The molecule has 0 aromatic heterocycles. The molecule has 8 heavy (non-hydrogen) atoms. The van der Waals surface area contributed by atoms with Crippen molar-refractivity contribution in [3.8, 4) is 0 Å². The Balaban J connectivity index is 2.59. The normalized spacial score (nSPS) is 25.6. The molecule has 0 heterocycles. The Kier molecular flexibility index (Phi) is 1.18. The number of rotatable bonds is 1. The third kappa shape index (κ3) is 0.795. The van der Waals surface area contributed by atoms with Gasteiger partial charge in [-0.05, 0) is 32.1 Å². The average Bonchev–Trinajstić information content (AvgIpc) is 2.47. The lowest BCUT2D eigenvalue weighted by molar-refractivity contribution is 0.687. The summed E-state index contributed by atoms with van der Waals surface area (Å²) in [6.07, 6.45) is 5.04. The van der Waals surface area contributed by atoms with Gasteiger partial charge in [-0.3, -0.25) is 0 Å². The van der Waals surface area contributed by atoms with Crippen LogP contribution in [0.3, 0.4) is 0 Å². The Bertz CT molecular complexity index is 116. The Morgan fingerprint density at radius 1 is 1.50 bits per heavy atom. The molecule has 1 fully saturated rings. The molecule has 0 aliphatic heterocycles. The van der Waals surface area contributed by atoms with Crippen LogP contribution in [0.1, 0.15) is 33.6 Å². The molecule has 0 aromatic carbocycles. The molecule has 1 aliphatic rings. The number of allylic oxidation sites excluding steroid dienone is 2. The van der Waals surface area contributed by atoms with Gasteiger partial charge >= 0.3 is 0 Å². The van der Waals surface area contributed by atoms with Gasteiger partial charge in [-0.15, -0.1) is 0 Å². The Labute approximate surface area is 51.6 Å². The molecule has 0 aromatic rings. The molecule has 1 rings (SSSR count). The highest BCUT2D eigenvalue weighted by atomic mass is 14.4. The molecule has 0 saturated heterocycles. The van der Waals surface area contributed by atoms with Crippen LogP contribution in [0.4, 0.5) is 0 Å². The van der Waals surface area contributed by atoms with Gasteiger partial charge < -0.3 is 0 Å². The van der Waals surface area contributed by atoms with Crippen molar-refractivity contribution < 1.29 is 0 Å². The van der Waals surface area contributed by atoms with Crippen molar-refractivity contribution in [3.05, 3.63) is 11.6 Å². The van der Waals surface area contributed by atoms with E-state index in [0.717, 1.165) is 0 Å². The molecule has 0 spiro atoms. The van der Waals surface area contributed by atoms with Gasteiger partial charge in [0, 0.05) is 0 Å². The highest BCUT2D eigenvalue weighted by molar-refractivity contribution is 5.16. The summed E-state index contributed by atoms with van der Waals surface area (Å²) in [5.74, 6) is 0. The maximum absolute atomic E-state index is 2.34. The Morgan fingerprint density at radius 2 is 2.00 bits per heavy atom. The molecule has 46 valence electrons. The SMILES string of the molecule is C/C=C(\C)C1(C)CC1. The first kappa shape index (κ1) is 5.87. The Hall–Kier alpha value is -0.260. The van der Waals surface area contributed by atoms with Crippen LogP contribution in [0.5, 0.6) is 0 Å². The molecule has 1 aliphatic carbocycles. The minimum absolute atomic E-state index is 0.620. The summed E-state index contributed by atoms with van der Waals surface area (Å²) in [6.45, 7) is 6.69. The van der Waals surface area contributed by atoms with Crippen molar-refractivity contribution in [2.45, 2.75) is 33.6 Å². The fourth-order valence-electron chi connectivity index (χ4n) is 0.930. The van der Waals surface area contributed by atoms with Crippen LogP contribution >= 0.6 is 0 Å². The summed E-state index contributed by atoms with van der Waals surface area (Å²) < 4.78 is 0. The van der Waals surface area contributed by atoms with E-state index in [1.807, 2.05) is 0 Å². The van der Waals surface area contributed by atoms with Crippen LogP contribution in [-0.4, -0.2) is 0 Å². The summed E-state index contributed by atoms with van der Waals surface area (Å²) >= 11 is 0. The summed E-state index contributed by atoms with van der Waals surface area (Å²) in [5.41, 5.74) is 2.19. The van der Waals surface area contributed by atoms with E-state index in [0.29, 0.717) is 5.41 Å². The topological polar surface area (TPSA) is 0 Å².